The molecule has 0 aliphatic heterocycles. The molecule has 0 saturated carbocycles. The smallest absolute Gasteiger partial charge is 0.405 e. The minimum absolute atomic E-state index is 0.206. The number of benzene rings is 1. The molecule has 98 valence electrons. The van der Waals surface area contributed by atoms with E-state index in [4.69, 9.17) is 0 Å². The van der Waals surface area contributed by atoms with Crippen molar-refractivity contribution < 1.29 is 22.7 Å². The third-order valence-corrected chi connectivity index (χ3v) is 2.31. The molecule has 1 heterocycles. The number of nitrogens with zero attached hydrogens (tertiary/aromatic N) is 1. The lowest BCUT2D eigenvalue weighted by Gasteiger charge is -2.12. The molecule has 0 saturated heterocycles. The first kappa shape index (κ1) is 13.1. The van der Waals surface area contributed by atoms with E-state index in [0.29, 0.717) is 17.5 Å². The third-order valence-electron chi connectivity index (χ3n) is 2.31. The van der Waals surface area contributed by atoms with Gasteiger partial charge < -0.3 is 4.74 Å². The molecule has 0 aliphatic carbocycles. The van der Waals surface area contributed by atoms with Gasteiger partial charge in [-0.2, -0.15) is 0 Å². The fourth-order valence-corrected chi connectivity index (χ4v) is 1.53. The number of aromatic nitrogens is 1. The number of halogens is 3. The van der Waals surface area contributed by atoms with Crippen molar-refractivity contribution >= 4 is 6.29 Å². The van der Waals surface area contributed by atoms with Crippen LogP contribution in [0.4, 0.5) is 13.2 Å². The number of rotatable bonds is 3. The van der Waals surface area contributed by atoms with Gasteiger partial charge in [-0.05, 0) is 24.3 Å². The van der Waals surface area contributed by atoms with E-state index in [1.54, 1.807) is 6.07 Å². The fraction of sp³-hybridized carbons (Fsp3) is 0.0769. The quantitative estimate of drug-likeness (QED) is 0.799. The number of alkyl halides is 3. The molecular formula is C13H8F3NO2. The zero-order chi connectivity index (χ0) is 13.9. The Morgan fingerprint density at radius 2 is 1.84 bits per heavy atom. The first-order valence-corrected chi connectivity index (χ1v) is 5.26. The zero-order valence-corrected chi connectivity index (χ0v) is 9.52. The van der Waals surface area contributed by atoms with Crippen LogP contribution < -0.4 is 4.74 Å². The maximum Gasteiger partial charge on any atom is 0.573 e. The van der Waals surface area contributed by atoms with Gasteiger partial charge in [-0.25, -0.2) is 0 Å². The molecule has 2 rings (SSSR count). The van der Waals surface area contributed by atoms with Crippen LogP contribution >= 0.6 is 0 Å². The molecule has 0 amide bonds. The molecule has 1 aromatic heterocycles. The summed E-state index contributed by atoms with van der Waals surface area (Å²) >= 11 is 0. The molecule has 0 atom stereocenters. The Hall–Kier alpha value is -2.37. The number of para-hydroxylation sites is 1. The van der Waals surface area contributed by atoms with Gasteiger partial charge in [0, 0.05) is 17.3 Å². The number of ether oxygens (including phenoxy) is 1. The molecule has 3 nitrogen and oxygen atoms in total. The Morgan fingerprint density at radius 3 is 2.42 bits per heavy atom. The van der Waals surface area contributed by atoms with Crippen molar-refractivity contribution in [2.24, 2.45) is 0 Å². The Balaban J connectivity index is 2.40. The van der Waals surface area contributed by atoms with Crippen molar-refractivity contribution in [3.63, 3.8) is 0 Å². The van der Waals surface area contributed by atoms with E-state index in [1.165, 1.54) is 36.5 Å². The average molecular weight is 267 g/mol. The summed E-state index contributed by atoms with van der Waals surface area (Å²) in [6.45, 7) is 0. The van der Waals surface area contributed by atoms with Gasteiger partial charge in [0.15, 0.2) is 6.29 Å². The summed E-state index contributed by atoms with van der Waals surface area (Å²) in [6.07, 6.45) is -2.87. The highest BCUT2D eigenvalue weighted by Gasteiger charge is 2.32. The van der Waals surface area contributed by atoms with Crippen molar-refractivity contribution in [3.05, 3.63) is 48.2 Å². The van der Waals surface area contributed by atoms with Crippen molar-refractivity contribution in [2.45, 2.75) is 6.36 Å². The highest BCUT2D eigenvalue weighted by Crippen LogP contribution is 2.32. The highest BCUT2D eigenvalue weighted by atomic mass is 19.4. The lowest BCUT2D eigenvalue weighted by molar-refractivity contribution is -0.274. The van der Waals surface area contributed by atoms with Crippen LogP contribution in [0, 0.1) is 0 Å². The number of carbonyl (C=O) groups excluding carboxylic acids is 1. The van der Waals surface area contributed by atoms with Crippen molar-refractivity contribution in [2.75, 3.05) is 0 Å². The number of aldehydes is 1. The Morgan fingerprint density at radius 1 is 1.11 bits per heavy atom. The minimum Gasteiger partial charge on any atom is -0.405 e. The van der Waals surface area contributed by atoms with Crippen LogP contribution in [-0.2, 0) is 0 Å². The van der Waals surface area contributed by atoms with Crippen LogP contribution in [-0.4, -0.2) is 17.6 Å². The minimum atomic E-state index is -4.77. The average Bonchev–Trinajstić information content (AvgIpc) is 2.38. The van der Waals surface area contributed by atoms with Crippen LogP contribution in [0.15, 0.2) is 42.6 Å². The number of carbonyl (C=O) groups is 1. The number of pyridine rings is 1. The Kier molecular flexibility index (Phi) is 3.50. The van der Waals surface area contributed by atoms with E-state index in [2.05, 4.69) is 9.72 Å². The second-order valence-corrected chi connectivity index (χ2v) is 3.64. The summed E-state index contributed by atoms with van der Waals surface area (Å²) in [5.74, 6) is -0.332. The van der Waals surface area contributed by atoms with Gasteiger partial charge in [0.1, 0.15) is 5.75 Å². The van der Waals surface area contributed by atoms with Gasteiger partial charge in [-0.15, -0.1) is 13.2 Å². The molecule has 0 bridgehead atoms. The highest BCUT2D eigenvalue weighted by molar-refractivity contribution is 5.76. The summed E-state index contributed by atoms with van der Waals surface area (Å²) in [7, 11) is 0. The van der Waals surface area contributed by atoms with Crippen LogP contribution in [0.5, 0.6) is 5.75 Å². The lowest BCUT2D eigenvalue weighted by atomic mass is 10.1. The normalized spacial score (nSPS) is 11.1. The SMILES string of the molecule is O=Cc1ccc(-c2ccccc2OC(F)(F)F)nc1. The van der Waals surface area contributed by atoms with E-state index in [0.717, 1.165) is 0 Å². The van der Waals surface area contributed by atoms with Gasteiger partial charge in [0.05, 0.1) is 5.69 Å². The molecule has 0 N–H and O–H groups in total. The van der Waals surface area contributed by atoms with Crippen molar-refractivity contribution in [1.29, 1.82) is 0 Å². The topological polar surface area (TPSA) is 39.2 Å². The van der Waals surface area contributed by atoms with Crippen LogP contribution in [0.3, 0.4) is 0 Å². The van der Waals surface area contributed by atoms with E-state index >= 15 is 0 Å². The molecule has 0 spiro atoms. The maximum atomic E-state index is 12.3. The molecule has 0 unspecified atom stereocenters. The summed E-state index contributed by atoms with van der Waals surface area (Å²) in [5.41, 5.74) is 0.848. The summed E-state index contributed by atoms with van der Waals surface area (Å²) in [4.78, 5) is 14.4. The fourth-order valence-electron chi connectivity index (χ4n) is 1.53. The van der Waals surface area contributed by atoms with Gasteiger partial charge >= 0.3 is 6.36 Å². The molecule has 0 fully saturated rings. The Labute approximate surface area is 106 Å². The standard InChI is InChI=1S/C13H8F3NO2/c14-13(15,16)19-12-4-2-1-3-10(12)11-6-5-9(8-18)7-17-11/h1-8H. The van der Waals surface area contributed by atoms with Crippen molar-refractivity contribution in [3.8, 4) is 17.0 Å². The molecule has 2 aromatic rings. The van der Waals surface area contributed by atoms with E-state index in [1.807, 2.05) is 0 Å². The molecule has 19 heavy (non-hydrogen) atoms. The van der Waals surface area contributed by atoms with Gasteiger partial charge in [-0.1, -0.05) is 12.1 Å². The second-order valence-electron chi connectivity index (χ2n) is 3.64. The summed E-state index contributed by atoms with van der Waals surface area (Å²) < 4.78 is 40.7. The van der Waals surface area contributed by atoms with Gasteiger partial charge in [-0.3, -0.25) is 9.78 Å². The predicted molar refractivity (Wildman–Crippen MR) is 61.7 cm³/mol. The van der Waals surface area contributed by atoms with Gasteiger partial charge in [0.25, 0.3) is 0 Å². The predicted octanol–water partition coefficient (Wildman–Crippen LogP) is 3.46. The van der Waals surface area contributed by atoms with E-state index in [-0.39, 0.29) is 11.3 Å². The number of hydrogen-bond donors (Lipinski definition) is 0. The maximum absolute atomic E-state index is 12.3. The van der Waals surface area contributed by atoms with Crippen LogP contribution in [0.25, 0.3) is 11.3 Å². The third kappa shape index (κ3) is 3.31. The van der Waals surface area contributed by atoms with E-state index < -0.39 is 6.36 Å². The summed E-state index contributed by atoms with van der Waals surface area (Å²) in [5, 5.41) is 0. The van der Waals surface area contributed by atoms with Crippen molar-refractivity contribution in [1.82, 2.24) is 4.98 Å². The largest absolute Gasteiger partial charge is 0.573 e. The molecule has 0 radical (unpaired) electrons. The molecule has 0 aliphatic rings. The van der Waals surface area contributed by atoms with Crippen LogP contribution in [0.2, 0.25) is 0 Å². The molecule has 1 aromatic carbocycles. The number of hydrogen-bond acceptors (Lipinski definition) is 3. The first-order valence-electron chi connectivity index (χ1n) is 5.26. The monoisotopic (exact) mass is 267 g/mol. The summed E-state index contributed by atoms with van der Waals surface area (Å²) in [6, 6.07) is 8.61. The molecule has 6 heteroatoms. The van der Waals surface area contributed by atoms with E-state index in [9.17, 15) is 18.0 Å². The Bertz CT molecular complexity index is 579. The molecular weight excluding hydrogens is 259 g/mol. The first-order chi connectivity index (χ1) is 8.99. The van der Waals surface area contributed by atoms with Gasteiger partial charge in [0.2, 0.25) is 0 Å². The lowest BCUT2D eigenvalue weighted by Crippen LogP contribution is -2.17. The second kappa shape index (κ2) is 5.09. The van der Waals surface area contributed by atoms with Crippen LogP contribution in [0.1, 0.15) is 10.4 Å². The zero-order valence-electron chi connectivity index (χ0n) is 9.52.